The van der Waals surface area contributed by atoms with Crippen LogP contribution >= 0.6 is 11.6 Å². The minimum atomic E-state index is -0.616. The Bertz CT molecular complexity index is 641. The number of amides is 2. The number of hydrogen-bond acceptors (Lipinski definition) is 4. The Balaban J connectivity index is 1.34. The Kier molecular flexibility index (Phi) is 7.50. The van der Waals surface area contributed by atoms with E-state index in [9.17, 15) is 9.59 Å². The lowest BCUT2D eigenvalue weighted by Crippen LogP contribution is -2.47. The van der Waals surface area contributed by atoms with E-state index >= 15 is 0 Å². The van der Waals surface area contributed by atoms with Gasteiger partial charge >= 0.3 is 11.8 Å². The number of likely N-dealkylation sites (tertiary alicyclic amines) is 1. The third-order valence-corrected chi connectivity index (χ3v) is 5.88. The third-order valence-electron chi connectivity index (χ3n) is 5.51. The molecule has 27 heavy (non-hydrogen) atoms. The minimum Gasteiger partial charge on any atom is -0.381 e. The second kappa shape index (κ2) is 10.1. The summed E-state index contributed by atoms with van der Waals surface area (Å²) >= 11 is 6.06. The van der Waals surface area contributed by atoms with Gasteiger partial charge < -0.3 is 20.3 Å². The highest BCUT2D eigenvalue weighted by Crippen LogP contribution is 2.22. The molecule has 0 aromatic heterocycles. The number of nitrogens with zero attached hydrogens (tertiary/aromatic N) is 1. The van der Waals surface area contributed by atoms with Crippen molar-refractivity contribution in [2.45, 2.75) is 38.3 Å². The van der Waals surface area contributed by atoms with Gasteiger partial charge in [-0.1, -0.05) is 29.8 Å². The molecule has 0 spiro atoms. The number of benzene rings is 1. The van der Waals surface area contributed by atoms with E-state index < -0.39 is 11.8 Å². The molecular weight excluding hydrogens is 366 g/mol. The van der Waals surface area contributed by atoms with E-state index in [1.165, 1.54) is 0 Å². The van der Waals surface area contributed by atoms with E-state index in [0.717, 1.165) is 57.6 Å². The predicted octanol–water partition coefficient (Wildman–Crippen LogP) is 1.96. The van der Waals surface area contributed by atoms with Crippen LogP contribution in [0, 0.1) is 5.92 Å². The molecule has 2 aliphatic rings. The molecule has 148 valence electrons. The van der Waals surface area contributed by atoms with E-state index in [2.05, 4.69) is 15.5 Å². The zero-order valence-corrected chi connectivity index (χ0v) is 16.3. The molecule has 3 rings (SSSR count). The summed E-state index contributed by atoms with van der Waals surface area (Å²) in [7, 11) is 0. The van der Waals surface area contributed by atoms with Crippen molar-refractivity contribution >= 4 is 23.4 Å². The number of ether oxygens (including phenoxy) is 1. The van der Waals surface area contributed by atoms with Gasteiger partial charge in [0.2, 0.25) is 0 Å². The van der Waals surface area contributed by atoms with Gasteiger partial charge in [0.15, 0.2) is 0 Å². The third kappa shape index (κ3) is 5.92. The Morgan fingerprint density at radius 1 is 1.04 bits per heavy atom. The van der Waals surface area contributed by atoms with Crippen LogP contribution < -0.4 is 10.6 Å². The quantitative estimate of drug-likeness (QED) is 0.750. The van der Waals surface area contributed by atoms with E-state index in [4.69, 9.17) is 16.3 Å². The maximum absolute atomic E-state index is 12.0. The lowest BCUT2D eigenvalue weighted by atomic mass is 9.94. The van der Waals surface area contributed by atoms with Crippen LogP contribution in [0.5, 0.6) is 0 Å². The van der Waals surface area contributed by atoms with Gasteiger partial charge in [-0.3, -0.25) is 9.59 Å². The minimum absolute atomic E-state index is 0.245. The largest absolute Gasteiger partial charge is 0.381 e. The average molecular weight is 394 g/mol. The molecule has 0 saturated carbocycles. The highest BCUT2D eigenvalue weighted by atomic mass is 35.5. The molecule has 2 fully saturated rings. The van der Waals surface area contributed by atoms with Crippen LogP contribution in [0.2, 0.25) is 5.02 Å². The van der Waals surface area contributed by atoms with Crippen molar-refractivity contribution in [2.24, 2.45) is 5.92 Å². The molecule has 2 amide bonds. The summed E-state index contributed by atoms with van der Waals surface area (Å²) < 4.78 is 5.43. The number of piperidine rings is 1. The first-order valence-electron chi connectivity index (χ1n) is 9.74. The number of carbonyl (C=O) groups is 2. The molecule has 0 aliphatic carbocycles. The Morgan fingerprint density at radius 2 is 1.70 bits per heavy atom. The second-order valence-electron chi connectivity index (χ2n) is 7.31. The van der Waals surface area contributed by atoms with Gasteiger partial charge in [0, 0.05) is 37.4 Å². The van der Waals surface area contributed by atoms with Crippen LogP contribution in [-0.4, -0.2) is 55.6 Å². The maximum Gasteiger partial charge on any atom is 0.309 e. The van der Waals surface area contributed by atoms with Crippen LogP contribution in [0.1, 0.15) is 31.2 Å². The fraction of sp³-hybridized carbons (Fsp3) is 0.600. The van der Waals surface area contributed by atoms with E-state index in [1.54, 1.807) is 6.07 Å². The van der Waals surface area contributed by atoms with Crippen molar-refractivity contribution in [3.05, 3.63) is 34.9 Å². The summed E-state index contributed by atoms with van der Waals surface area (Å²) in [5, 5.41) is 5.98. The zero-order chi connectivity index (χ0) is 19.1. The summed E-state index contributed by atoms with van der Waals surface area (Å²) in [4.78, 5) is 26.5. The van der Waals surface area contributed by atoms with E-state index in [0.29, 0.717) is 23.5 Å². The summed E-state index contributed by atoms with van der Waals surface area (Å²) in [6, 6.07) is 7.90. The average Bonchev–Trinajstić information content (AvgIpc) is 2.72. The second-order valence-corrected chi connectivity index (χ2v) is 7.71. The summed E-state index contributed by atoms with van der Waals surface area (Å²) in [5.41, 5.74) is 0.792. The number of hydrogen-bond donors (Lipinski definition) is 2. The van der Waals surface area contributed by atoms with Crippen LogP contribution in [0.15, 0.2) is 24.3 Å². The fourth-order valence-electron chi connectivity index (χ4n) is 3.79. The molecule has 0 atom stereocenters. The molecule has 0 unspecified atom stereocenters. The molecule has 0 bridgehead atoms. The first kappa shape index (κ1) is 20.1. The number of nitrogens with one attached hydrogen (secondary N) is 2. The molecule has 1 aromatic carbocycles. The molecule has 7 heteroatoms. The normalized spacial score (nSPS) is 19.6. The molecule has 6 nitrogen and oxygen atoms in total. The van der Waals surface area contributed by atoms with Gasteiger partial charge in [-0.25, -0.2) is 0 Å². The molecule has 1 aromatic rings. The van der Waals surface area contributed by atoms with E-state index in [-0.39, 0.29) is 6.54 Å². The first-order chi connectivity index (χ1) is 13.1. The SMILES string of the molecule is O=C(NCc1ccccc1Cl)C(=O)NCC1CCN(C2CCOCC2)CC1. The molecule has 2 N–H and O–H groups in total. The van der Waals surface area contributed by atoms with Crippen molar-refractivity contribution in [2.75, 3.05) is 32.8 Å². The Labute approximate surface area is 165 Å². The van der Waals surface area contributed by atoms with Crippen molar-refractivity contribution < 1.29 is 14.3 Å². The van der Waals surface area contributed by atoms with Crippen LogP contribution in [0.25, 0.3) is 0 Å². The maximum atomic E-state index is 12.0. The highest BCUT2D eigenvalue weighted by molar-refractivity contribution is 6.35. The summed E-state index contributed by atoms with van der Waals surface area (Å²) in [6.07, 6.45) is 4.35. The van der Waals surface area contributed by atoms with Gasteiger partial charge in [0.05, 0.1) is 0 Å². The lowest BCUT2D eigenvalue weighted by molar-refractivity contribution is -0.139. The molecule has 2 aliphatic heterocycles. The highest BCUT2D eigenvalue weighted by Gasteiger charge is 2.27. The van der Waals surface area contributed by atoms with Crippen molar-refractivity contribution in [1.82, 2.24) is 15.5 Å². The monoisotopic (exact) mass is 393 g/mol. The van der Waals surface area contributed by atoms with Crippen molar-refractivity contribution in [1.29, 1.82) is 0 Å². The fourth-order valence-corrected chi connectivity index (χ4v) is 3.99. The van der Waals surface area contributed by atoms with Crippen molar-refractivity contribution in [3.8, 4) is 0 Å². The number of halogens is 1. The van der Waals surface area contributed by atoms with Gasteiger partial charge in [0.1, 0.15) is 0 Å². The summed E-state index contributed by atoms with van der Waals surface area (Å²) in [5.74, 6) is -0.759. The smallest absolute Gasteiger partial charge is 0.309 e. The number of carbonyl (C=O) groups excluding carboxylic acids is 2. The molecule has 2 saturated heterocycles. The predicted molar refractivity (Wildman–Crippen MR) is 104 cm³/mol. The zero-order valence-electron chi connectivity index (χ0n) is 15.6. The topological polar surface area (TPSA) is 70.7 Å². The van der Waals surface area contributed by atoms with Crippen LogP contribution in [0.4, 0.5) is 0 Å². The van der Waals surface area contributed by atoms with Gasteiger partial charge in [-0.2, -0.15) is 0 Å². The Morgan fingerprint density at radius 3 is 2.41 bits per heavy atom. The number of rotatable bonds is 5. The standard InChI is InChI=1S/C20H28ClN3O3/c21-18-4-2-1-3-16(18)14-23-20(26)19(25)22-13-15-5-9-24(10-6-15)17-7-11-27-12-8-17/h1-4,15,17H,5-14H2,(H,22,25)(H,23,26). The lowest BCUT2D eigenvalue weighted by Gasteiger charge is -2.39. The summed E-state index contributed by atoms with van der Waals surface area (Å²) in [6.45, 7) is 4.65. The van der Waals surface area contributed by atoms with Gasteiger partial charge in [-0.15, -0.1) is 0 Å². The first-order valence-corrected chi connectivity index (χ1v) is 10.1. The Hall–Kier alpha value is -1.63. The van der Waals surface area contributed by atoms with Crippen LogP contribution in [0.3, 0.4) is 0 Å². The van der Waals surface area contributed by atoms with Gasteiger partial charge in [-0.05, 0) is 56.3 Å². The van der Waals surface area contributed by atoms with Gasteiger partial charge in [0.25, 0.3) is 0 Å². The van der Waals surface area contributed by atoms with E-state index in [1.807, 2.05) is 18.2 Å². The molecule has 2 heterocycles. The van der Waals surface area contributed by atoms with Crippen LogP contribution in [-0.2, 0) is 20.9 Å². The molecule has 0 radical (unpaired) electrons. The van der Waals surface area contributed by atoms with Crippen molar-refractivity contribution in [3.63, 3.8) is 0 Å². The molecular formula is C20H28ClN3O3.